The van der Waals surface area contributed by atoms with E-state index in [0.29, 0.717) is 17.4 Å². The van der Waals surface area contributed by atoms with E-state index in [1.807, 2.05) is 53.9 Å². The molecule has 0 saturated heterocycles. The minimum Gasteiger partial charge on any atom is -0.537 e. The van der Waals surface area contributed by atoms with E-state index < -0.39 is 15.9 Å². The molecule has 0 bridgehead atoms. The molecular formula is C28H19ClNNaO4S3. The standard InChI is InChI=1S/C28H20ClNO4S3.Na/c29-22-12-13-25(34-18-19-5-2-1-3-6-19)24(17-22)23-14-16-36-27(23)20-8-10-21(11-9-20)28(31)30-37(32,33)26-7-4-15-35-26;/h1-17H,18H2,(H,30,31);/q;+1/p-1. The van der Waals surface area contributed by atoms with Gasteiger partial charge in [-0.15, -0.1) is 22.7 Å². The van der Waals surface area contributed by atoms with Crippen molar-refractivity contribution in [2.75, 3.05) is 0 Å². The fraction of sp³-hybridized carbons (Fsp3) is 0.0357. The fourth-order valence-corrected chi connectivity index (χ4v) is 6.67. The van der Waals surface area contributed by atoms with Crippen molar-refractivity contribution in [3.8, 4) is 27.3 Å². The molecule has 0 aliphatic carbocycles. The van der Waals surface area contributed by atoms with Crippen LogP contribution in [0.1, 0.15) is 15.9 Å². The van der Waals surface area contributed by atoms with Crippen LogP contribution >= 0.6 is 34.3 Å². The summed E-state index contributed by atoms with van der Waals surface area (Å²) in [7, 11) is -4.03. The number of carbonyl (C=O) groups is 1. The molecular weight excluding hydrogens is 569 g/mol. The number of rotatable bonds is 8. The van der Waals surface area contributed by atoms with Crippen LogP contribution in [0.15, 0.2) is 106 Å². The van der Waals surface area contributed by atoms with Crippen LogP contribution in [-0.2, 0) is 16.6 Å². The number of hydrogen-bond acceptors (Lipinski definition) is 6. The van der Waals surface area contributed by atoms with Crippen LogP contribution in [-0.4, -0.2) is 14.3 Å². The Labute approximate surface area is 256 Å². The third kappa shape index (κ3) is 6.58. The van der Waals surface area contributed by atoms with Crippen LogP contribution < -0.4 is 34.3 Å². The Morgan fingerprint density at radius 2 is 1.61 bits per heavy atom. The first-order chi connectivity index (χ1) is 17.9. The van der Waals surface area contributed by atoms with Gasteiger partial charge >= 0.3 is 29.6 Å². The SMILES string of the molecule is O=C([N-]S(=O)(=O)c1cccs1)c1ccc(-c2sccc2-c2cc(Cl)ccc2OCc2ccccc2)cc1.[Na+]. The average Bonchev–Trinajstić information content (AvgIpc) is 3.62. The van der Waals surface area contributed by atoms with Gasteiger partial charge in [0, 0.05) is 21.0 Å². The number of benzene rings is 3. The van der Waals surface area contributed by atoms with E-state index in [1.54, 1.807) is 53.1 Å². The summed E-state index contributed by atoms with van der Waals surface area (Å²) in [5.74, 6) is -0.102. The predicted molar refractivity (Wildman–Crippen MR) is 150 cm³/mol. The predicted octanol–water partition coefficient (Wildman–Crippen LogP) is 5.28. The molecule has 0 aliphatic rings. The molecule has 3 aromatic carbocycles. The van der Waals surface area contributed by atoms with Crippen LogP contribution in [0.5, 0.6) is 5.75 Å². The van der Waals surface area contributed by atoms with Gasteiger partial charge in [0.15, 0.2) is 0 Å². The monoisotopic (exact) mass is 587 g/mol. The minimum absolute atomic E-state index is 0. The first kappa shape index (κ1) is 28.6. The average molecular weight is 588 g/mol. The van der Waals surface area contributed by atoms with Crippen molar-refractivity contribution in [3.63, 3.8) is 0 Å². The maximum Gasteiger partial charge on any atom is 1.00 e. The number of carbonyl (C=O) groups excluding carboxylic acids is 1. The molecule has 0 unspecified atom stereocenters. The largest absolute Gasteiger partial charge is 1.00 e. The molecule has 0 saturated carbocycles. The van der Waals surface area contributed by atoms with Gasteiger partial charge in [0.2, 0.25) is 0 Å². The second kappa shape index (κ2) is 12.6. The Kier molecular flexibility index (Phi) is 9.49. The van der Waals surface area contributed by atoms with Crippen molar-refractivity contribution < 1.29 is 47.5 Å². The van der Waals surface area contributed by atoms with Gasteiger partial charge < -0.3 is 14.3 Å². The van der Waals surface area contributed by atoms with Crippen LogP contribution in [0.2, 0.25) is 5.02 Å². The van der Waals surface area contributed by atoms with Crippen LogP contribution in [0.25, 0.3) is 26.3 Å². The number of halogens is 1. The summed E-state index contributed by atoms with van der Waals surface area (Å²) in [6.07, 6.45) is 0. The zero-order valence-electron chi connectivity index (χ0n) is 20.2. The molecule has 0 fully saturated rings. The second-order valence-corrected chi connectivity index (χ2v) is 12.1. The van der Waals surface area contributed by atoms with Crippen LogP contribution in [0.4, 0.5) is 0 Å². The van der Waals surface area contributed by atoms with E-state index in [1.165, 1.54) is 6.07 Å². The molecule has 38 heavy (non-hydrogen) atoms. The molecule has 0 atom stereocenters. The number of thiophene rings is 2. The molecule has 186 valence electrons. The third-order valence-corrected chi connectivity index (χ3v) is 9.31. The summed E-state index contributed by atoms with van der Waals surface area (Å²) in [6, 6.07) is 27.2. The summed E-state index contributed by atoms with van der Waals surface area (Å²) in [4.78, 5) is 13.5. The normalized spacial score (nSPS) is 11.0. The zero-order chi connectivity index (χ0) is 25.8. The molecule has 0 spiro atoms. The number of nitrogens with zero attached hydrogens (tertiary/aromatic N) is 1. The summed E-state index contributed by atoms with van der Waals surface area (Å²) in [5, 5.41) is 4.20. The minimum atomic E-state index is -4.03. The molecule has 2 heterocycles. The maximum absolute atomic E-state index is 12.5. The molecule has 0 N–H and O–H groups in total. The molecule has 2 aromatic heterocycles. The van der Waals surface area contributed by atoms with Crippen molar-refractivity contribution in [1.82, 2.24) is 0 Å². The first-order valence-corrected chi connectivity index (χ1v) is 14.7. The zero-order valence-corrected chi connectivity index (χ0v) is 25.4. The number of sulfonamides is 1. The van der Waals surface area contributed by atoms with Gasteiger partial charge in [0.1, 0.15) is 26.6 Å². The van der Waals surface area contributed by atoms with E-state index >= 15 is 0 Å². The number of hydrogen-bond donors (Lipinski definition) is 0. The van der Waals surface area contributed by atoms with E-state index in [4.69, 9.17) is 16.3 Å². The van der Waals surface area contributed by atoms with Gasteiger partial charge in [-0.1, -0.05) is 72.3 Å². The summed E-state index contributed by atoms with van der Waals surface area (Å²) in [6.45, 7) is 0.420. The van der Waals surface area contributed by atoms with Crippen molar-refractivity contribution in [3.05, 3.63) is 123 Å². The third-order valence-electron chi connectivity index (χ3n) is 5.48. The molecule has 1 amide bonds. The van der Waals surface area contributed by atoms with Gasteiger partial charge in [0.25, 0.3) is 0 Å². The Bertz CT molecular complexity index is 1640. The van der Waals surface area contributed by atoms with Gasteiger partial charge in [-0.05, 0) is 57.8 Å². The van der Waals surface area contributed by atoms with Crippen LogP contribution in [0.3, 0.4) is 0 Å². The second-order valence-electron chi connectivity index (χ2n) is 7.96. The van der Waals surface area contributed by atoms with Gasteiger partial charge in [-0.3, -0.25) is 0 Å². The molecule has 5 rings (SSSR count). The molecule has 10 heteroatoms. The quantitative estimate of drug-likeness (QED) is 0.231. The fourth-order valence-electron chi connectivity index (χ4n) is 3.70. The van der Waals surface area contributed by atoms with Crippen molar-refractivity contribution in [2.24, 2.45) is 0 Å². The van der Waals surface area contributed by atoms with E-state index in [9.17, 15) is 13.2 Å². The summed E-state index contributed by atoms with van der Waals surface area (Å²) < 4.78 is 34.3. The van der Waals surface area contributed by atoms with Gasteiger partial charge in [-0.25, -0.2) is 8.42 Å². The maximum atomic E-state index is 12.5. The van der Waals surface area contributed by atoms with E-state index in [0.717, 1.165) is 38.5 Å². The van der Waals surface area contributed by atoms with Crippen molar-refractivity contribution in [2.45, 2.75) is 10.8 Å². The number of ether oxygens (including phenoxy) is 1. The first-order valence-electron chi connectivity index (χ1n) is 11.1. The van der Waals surface area contributed by atoms with Gasteiger partial charge in [0.05, 0.1) is 5.91 Å². The van der Waals surface area contributed by atoms with E-state index in [-0.39, 0.29) is 39.3 Å². The smallest absolute Gasteiger partial charge is 0.537 e. The molecule has 5 nitrogen and oxygen atoms in total. The molecule has 0 radical (unpaired) electrons. The Morgan fingerprint density at radius 1 is 0.842 bits per heavy atom. The molecule has 0 aliphatic heterocycles. The van der Waals surface area contributed by atoms with Crippen molar-refractivity contribution >= 4 is 50.2 Å². The Hall–Kier alpha value is -2.43. The summed E-state index contributed by atoms with van der Waals surface area (Å²) >= 11 is 8.91. The Balaban J connectivity index is 0.00000336. The van der Waals surface area contributed by atoms with Crippen LogP contribution in [0, 0.1) is 0 Å². The van der Waals surface area contributed by atoms with Gasteiger partial charge in [-0.2, -0.15) is 0 Å². The van der Waals surface area contributed by atoms with Crippen molar-refractivity contribution in [1.29, 1.82) is 0 Å². The molecule has 5 aromatic rings. The Morgan fingerprint density at radius 3 is 2.32 bits per heavy atom. The van der Waals surface area contributed by atoms with E-state index in [2.05, 4.69) is 4.72 Å². The number of amides is 1. The summed E-state index contributed by atoms with van der Waals surface area (Å²) in [5.41, 5.74) is 3.92. The topological polar surface area (TPSA) is 74.5 Å².